The van der Waals surface area contributed by atoms with Crippen LogP contribution in [0.5, 0.6) is 0 Å². The molecule has 1 saturated heterocycles. The third-order valence-electron chi connectivity index (χ3n) is 4.54. The minimum Gasteiger partial charge on any atom is -0.469 e. The van der Waals surface area contributed by atoms with E-state index in [9.17, 15) is 19.2 Å². The van der Waals surface area contributed by atoms with E-state index >= 15 is 0 Å². The van der Waals surface area contributed by atoms with E-state index in [1.165, 1.54) is 7.11 Å². The van der Waals surface area contributed by atoms with Crippen molar-refractivity contribution in [1.29, 1.82) is 0 Å². The van der Waals surface area contributed by atoms with Crippen molar-refractivity contribution in [1.82, 2.24) is 20.9 Å². The summed E-state index contributed by atoms with van der Waals surface area (Å²) in [7, 11) is 1.26. The summed E-state index contributed by atoms with van der Waals surface area (Å²) in [5.41, 5.74) is 0.718. The maximum Gasteiger partial charge on any atom is 0.337 e. The van der Waals surface area contributed by atoms with E-state index in [1.54, 1.807) is 11.8 Å². The fourth-order valence-corrected chi connectivity index (χ4v) is 3.20. The third-order valence-corrected chi connectivity index (χ3v) is 4.54. The number of ether oxygens (including phenoxy) is 2. The maximum absolute atomic E-state index is 12.5. The van der Waals surface area contributed by atoms with Gasteiger partial charge in [-0.25, -0.2) is 9.59 Å². The molecule has 0 spiro atoms. The highest BCUT2D eigenvalue weighted by Gasteiger charge is 2.36. The second-order valence-corrected chi connectivity index (χ2v) is 6.23. The molecule has 3 N–H and O–H groups in total. The van der Waals surface area contributed by atoms with Gasteiger partial charge in [-0.15, -0.1) is 0 Å². The van der Waals surface area contributed by atoms with Crippen molar-refractivity contribution in [3.05, 3.63) is 11.3 Å². The van der Waals surface area contributed by atoms with Crippen molar-refractivity contribution in [2.24, 2.45) is 0 Å². The lowest BCUT2D eigenvalue weighted by Gasteiger charge is -2.37. The number of piperazine rings is 1. The van der Waals surface area contributed by atoms with E-state index in [0.717, 1.165) is 0 Å². The monoisotopic (exact) mass is 382 g/mol. The van der Waals surface area contributed by atoms with Crippen molar-refractivity contribution in [2.45, 2.75) is 38.8 Å². The van der Waals surface area contributed by atoms with Crippen molar-refractivity contribution in [3.63, 3.8) is 0 Å². The summed E-state index contributed by atoms with van der Waals surface area (Å²) in [6, 6.07) is -1.64. The number of nitrogens with one attached hydrogen (secondary N) is 3. The van der Waals surface area contributed by atoms with Gasteiger partial charge in [-0.1, -0.05) is 6.92 Å². The summed E-state index contributed by atoms with van der Waals surface area (Å²) >= 11 is 0. The van der Waals surface area contributed by atoms with Crippen LogP contribution in [0.2, 0.25) is 0 Å². The smallest absolute Gasteiger partial charge is 0.337 e. The molecule has 10 nitrogen and oxygen atoms in total. The van der Waals surface area contributed by atoms with Crippen LogP contribution in [-0.4, -0.2) is 74.2 Å². The number of methoxy groups -OCH3 is 1. The molecule has 0 aromatic heterocycles. The van der Waals surface area contributed by atoms with Gasteiger partial charge in [0.05, 0.1) is 31.8 Å². The van der Waals surface area contributed by atoms with Gasteiger partial charge in [-0.3, -0.25) is 14.5 Å². The second-order valence-electron chi connectivity index (χ2n) is 6.23. The molecule has 2 rings (SSSR count). The Kier molecular flexibility index (Phi) is 7.17. The first-order valence-corrected chi connectivity index (χ1v) is 8.97. The van der Waals surface area contributed by atoms with E-state index in [4.69, 9.17) is 4.74 Å². The molecule has 27 heavy (non-hydrogen) atoms. The molecular weight excluding hydrogens is 356 g/mol. The summed E-state index contributed by atoms with van der Waals surface area (Å²) < 4.78 is 9.81. The molecule has 0 aromatic carbocycles. The number of nitrogens with zero attached hydrogens (tertiary/aromatic N) is 1. The molecule has 3 amide bonds. The van der Waals surface area contributed by atoms with E-state index in [0.29, 0.717) is 30.8 Å². The lowest BCUT2D eigenvalue weighted by Crippen LogP contribution is -2.58. The summed E-state index contributed by atoms with van der Waals surface area (Å²) in [6.45, 7) is 4.76. The highest BCUT2D eigenvalue weighted by Crippen LogP contribution is 2.20. The van der Waals surface area contributed by atoms with E-state index in [2.05, 4.69) is 20.7 Å². The highest BCUT2D eigenvalue weighted by atomic mass is 16.5. The zero-order valence-electron chi connectivity index (χ0n) is 15.8. The largest absolute Gasteiger partial charge is 0.469 e. The van der Waals surface area contributed by atoms with E-state index in [-0.39, 0.29) is 25.5 Å². The van der Waals surface area contributed by atoms with Crippen molar-refractivity contribution >= 4 is 23.9 Å². The van der Waals surface area contributed by atoms with Gasteiger partial charge in [-0.05, 0) is 13.3 Å². The zero-order chi connectivity index (χ0) is 20.0. The minimum atomic E-state index is -0.742. The molecule has 10 heteroatoms. The Bertz CT molecular complexity index is 647. The van der Waals surface area contributed by atoms with Gasteiger partial charge in [0.1, 0.15) is 6.04 Å². The molecule has 1 fully saturated rings. The van der Waals surface area contributed by atoms with Gasteiger partial charge in [0.2, 0.25) is 5.91 Å². The normalized spacial score (nSPS) is 23.2. The van der Waals surface area contributed by atoms with Gasteiger partial charge in [0, 0.05) is 25.3 Å². The fraction of sp³-hybridized carbons (Fsp3) is 0.647. The average molecular weight is 382 g/mol. The summed E-state index contributed by atoms with van der Waals surface area (Å²) in [4.78, 5) is 50.1. The third kappa shape index (κ3) is 4.97. The molecule has 2 heterocycles. The summed E-state index contributed by atoms with van der Waals surface area (Å²) in [5.74, 6) is -1.32. The molecular formula is C17H26N4O6. The molecule has 150 valence electrons. The number of carbonyl (C=O) groups is 4. The number of amides is 3. The summed E-state index contributed by atoms with van der Waals surface area (Å²) in [6.07, 6.45) is 0.394. The fourth-order valence-electron chi connectivity index (χ4n) is 3.20. The topological polar surface area (TPSA) is 126 Å². The summed E-state index contributed by atoms with van der Waals surface area (Å²) in [5, 5.41) is 8.08. The lowest BCUT2D eigenvalue weighted by atomic mass is 9.99. The molecule has 2 aliphatic rings. The van der Waals surface area contributed by atoms with Crippen LogP contribution < -0.4 is 16.0 Å². The predicted molar refractivity (Wildman–Crippen MR) is 94.4 cm³/mol. The number of rotatable bonds is 7. The molecule has 2 unspecified atom stereocenters. The van der Waals surface area contributed by atoms with E-state index in [1.807, 2.05) is 6.92 Å². The molecule has 0 bridgehead atoms. The van der Waals surface area contributed by atoms with Crippen LogP contribution in [0.1, 0.15) is 26.7 Å². The molecule has 2 atom stereocenters. The first-order chi connectivity index (χ1) is 12.9. The predicted octanol–water partition coefficient (Wildman–Crippen LogP) is -0.741. The van der Waals surface area contributed by atoms with Crippen molar-refractivity contribution < 1.29 is 28.7 Å². The number of carbonyl (C=O) groups excluding carboxylic acids is 4. The Labute approximate surface area is 157 Å². The van der Waals surface area contributed by atoms with Gasteiger partial charge in [0.25, 0.3) is 0 Å². The van der Waals surface area contributed by atoms with Crippen LogP contribution in [-0.2, 0) is 23.9 Å². The minimum absolute atomic E-state index is 0.117. The zero-order valence-corrected chi connectivity index (χ0v) is 15.8. The Morgan fingerprint density at radius 2 is 2.00 bits per heavy atom. The number of esters is 2. The van der Waals surface area contributed by atoms with Crippen LogP contribution in [0.15, 0.2) is 11.3 Å². The van der Waals surface area contributed by atoms with Gasteiger partial charge >= 0.3 is 18.0 Å². The van der Waals surface area contributed by atoms with Gasteiger partial charge < -0.3 is 25.4 Å². The lowest BCUT2D eigenvalue weighted by molar-refractivity contribution is -0.145. The molecule has 0 aliphatic carbocycles. The second kappa shape index (κ2) is 9.36. The standard InChI is InChI=1S/C17H26N4O6/c1-4-10-14(16(24)27-5-2)11(20-17(25)19-10)9-21-7-6-18-15(23)12(21)8-13(22)26-3/h10,12H,4-9H2,1-3H3,(H,18,23)(H2,19,20,25). The molecule has 0 radical (unpaired) electrons. The number of hydrogen-bond donors (Lipinski definition) is 3. The highest BCUT2D eigenvalue weighted by molar-refractivity contribution is 5.95. The first-order valence-electron chi connectivity index (χ1n) is 8.97. The number of hydrogen-bond acceptors (Lipinski definition) is 7. The Morgan fingerprint density at radius 3 is 2.63 bits per heavy atom. The number of urea groups is 1. The van der Waals surface area contributed by atoms with Gasteiger partial charge in [-0.2, -0.15) is 0 Å². The van der Waals surface area contributed by atoms with Gasteiger partial charge in [0.15, 0.2) is 0 Å². The van der Waals surface area contributed by atoms with Crippen LogP contribution in [0.4, 0.5) is 4.79 Å². The molecule has 0 aromatic rings. The van der Waals surface area contributed by atoms with Crippen molar-refractivity contribution in [3.8, 4) is 0 Å². The SMILES string of the molecule is CCOC(=O)C1=C(CN2CCNC(=O)C2CC(=O)OC)NC(=O)NC1CC. The van der Waals surface area contributed by atoms with E-state index < -0.39 is 30.1 Å². The van der Waals surface area contributed by atoms with Crippen LogP contribution in [0, 0.1) is 0 Å². The van der Waals surface area contributed by atoms with Crippen LogP contribution in [0.25, 0.3) is 0 Å². The van der Waals surface area contributed by atoms with Crippen molar-refractivity contribution in [2.75, 3.05) is 33.4 Å². The Hall–Kier alpha value is -2.62. The van der Waals surface area contributed by atoms with Crippen LogP contribution >= 0.6 is 0 Å². The van der Waals surface area contributed by atoms with Crippen LogP contribution in [0.3, 0.4) is 0 Å². The first kappa shape index (κ1) is 20.7. The molecule has 2 aliphatic heterocycles. The molecule has 0 saturated carbocycles. The Balaban J connectivity index is 2.32. The maximum atomic E-state index is 12.5. The average Bonchev–Trinajstić information content (AvgIpc) is 2.63. The Morgan fingerprint density at radius 1 is 1.26 bits per heavy atom. The quantitative estimate of drug-likeness (QED) is 0.495.